The van der Waals surface area contributed by atoms with Crippen LogP contribution in [0.4, 0.5) is 13.2 Å². The van der Waals surface area contributed by atoms with E-state index in [9.17, 15) is 18.0 Å². The van der Waals surface area contributed by atoms with Gasteiger partial charge < -0.3 is 9.88 Å². The van der Waals surface area contributed by atoms with Gasteiger partial charge in [0.05, 0.1) is 11.5 Å². The summed E-state index contributed by atoms with van der Waals surface area (Å²) in [6.07, 6.45) is 16.6. The number of fused-ring (bicyclic) bond motifs is 3. The van der Waals surface area contributed by atoms with Crippen molar-refractivity contribution in [1.82, 2.24) is 14.9 Å². The number of hydrogen-bond acceptors (Lipinski definition) is 2. The van der Waals surface area contributed by atoms with Gasteiger partial charge in [0.25, 0.3) is 0 Å². The summed E-state index contributed by atoms with van der Waals surface area (Å²) in [5.74, 6) is 0.0819. The van der Waals surface area contributed by atoms with E-state index in [1.807, 2.05) is 28.9 Å². The third-order valence-electron chi connectivity index (χ3n) is 9.49. The van der Waals surface area contributed by atoms with Gasteiger partial charge in [-0.05, 0) is 85.6 Å². The van der Waals surface area contributed by atoms with E-state index in [1.54, 1.807) is 0 Å². The molecule has 1 fully saturated rings. The van der Waals surface area contributed by atoms with Gasteiger partial charge >= 0.3 is 6.18 Å². The summed E-state index contributed by atoms with van der Waals surface area (Å²) in [6, 6.07) is 9.30. The predicted octanol–water partition coefficient (Wildman–Crippen LogP) is 9.62. The number of hydrogen-bond donors (Lipinski definition) is 1. The van der Waals surface area contributed by atoms with Crippen LogP contribution in [0.15, 0.2) is 73.0 Å². The molecule has 1 aromatic carbocycles. The maximum Gasteiger partial charge on any atom is 0.417 e. The zero-order valence-electron chi connectivity index (χ0n) is 26.5. The molecule has 1 unspecified atom stereocenters. The molecule has 0 spiro atoms. The number of rotatable bonds is 11. The summed E-state index contributed by atoms with van der Waals surface area (Å²) < 4.78 is 44.0. The lowest BCUT2D eigenvalue weighted by Crippen LogP contribution is -2.34. The van der Waals surface area contributed by atoms with Gasteiger partial charge in [0.15, 0.2) is 0 Å². The molecule has 7 heteroatoms. The molecule has 0 aliphatic heterocycles. The molecule has 1 atom stereocenters. The van der Waals surface area contributed by atoms with Gasteiger partial charge in [0.2, 0.25) is 5.91 Å². The van der Waals surface area contributed by atoms with E-state index in [4.69, 9.17) is 0 Å². The molecular formula is C38H46F3N3O. The fraction of sp³-hybridized carbons (Fsp3) is 0.474. The highest BCUT2D eigenvalue weighted by Gasteiger charge is 2.36. The standard InChI is InChI=1S/C38H46F3N3O/c1-3-5-8-14-27(13-4-2)25-43-37(45)34(29-15-9-6-7-10-16-29)30-21-19-28(20-22-30)26-44-33-18-12-11-17-31(33)35-32(38(39,40)41)23-24-42-36(35)44/h4-5,8,14,19-24,29,34H,2-3,6-7,9-13,15-18,25-26H2,1H3,(H,43,45)/b8-5-,27-14+. The molecule has 1 amide bonds. The molecule has 0 bridgehead atoms. The summed E-state index contributed by atoms with van der Waals surface area (Å²) >= 11 is 0. The second-order valence-electron chi connectivity index (χ2n) is 12.6. The van der Waals surface area contributed by atoms with E-state index in [-0.39, 0.29) is 23.1 Å². The highest BCUT2D eigenvalue weighted by molar-refractivity contribution is 5.87. The van der Waals surface area contributed by atoms with Crippen molar-refractivity contribution in [3.63, 3.8) is 0 Å². The first-order valence-corrected chi connectivity index (χ1v) is 16.7. The molecule has 4 nitrogen and oxygen atoms in total. The van der Waals surface area contributed by atoms with Crippen molar-refractivity contribution in [2.75, 3.05) is 6.54 Å². The lowest BCUT2D eigenvalue weighted by atomic mass is 9.80. The fourth-order valence-electron chi connectivity index (χ4n) is 7.27. The van der Waals surface area contributed by atoms with Crippen molar-refractivity contribution in [2.24, 2.45) is 5.92 Å². The van der Waals surface area contributed by atoms with Gasteiger partial charge in [-0.1, -0.05) is 81.2 Å². The van der Waals surface area contributed by atoms with Crippen LogP contribution in [-0.2, 0) is 30.4 Å². The molecule has 2 heterocycles. The Morgan fingerprint density at radius 3 is 2.49 bits per heavy atom. The minimum atomic E-state index is -4.43. The monoisotopic (exact) mass is 617 g/mol. The van der Waals surface area contributed by atoms with Crippen molar-refractivity contribution < 1.29 is 18.0 Å². The van der Waals surface area contributed by atoms with E-state index in [0.29, 0.717) is 31.6 Å². The number of benzene rings is 1. The number of carbonyl (C=O) groups is 1. The molecule has 2 aromatic heterocycles. The molecule has 2 aliphatic carbocycles. The molecule has 240 valence electrons. The highest BCUT2D eigenvalue weighted by Crippen LogP contribution is 2.41. The first-order chi connectivity index (χ1) is 21.8. The van der Waals surface area contributed by atoms with Gasteiger partial charge in [-0.2, -0.15) is 13.2 Å². The van der Waals surface area contributed by atoms with Crippen LogP contribution in [0.25, 0.3) is 11.0 Å². The number of allylic oxidation sites excluding steroid dienone is 4. The van der Waals surface area contributed by atoms with Gasteiger partial charge in [0.1, 0.15) is 5.65 Å². The van der Waals surface area contributed by atoms with E-state index in [0.717, 1.165) is 85.4 Å². The Hall–Kier alpha value is -3.61. The van der Waals surface area contributed by atoms with Crippen molar-refractivity contribution in [2.45, 2.75) is 103 Å². The van der Waals surface area contributed by atoms with E-state index >= 15 is 0 Å². The van der Waals surface area contributed by atoms with Crippen molar-refractivity contribution in [3.05, 3.63) is 101 Å². The largest absolute Gasteiger partial charge is 0.417 e. The average Bonchev–Trinajstić information content (AvgIpc) is 3.15. The first kappa shape index (κ1) is 32.8. The topological polar surface area (TPSA) is 46.9 Å². The number of amides is 1. The highest BCUT2D eigenvalue weighted by atomic mass is 19.4. The molecule has 0 saturated heterocycles. The molecule has 45 heavy (non-hydrogen) atoms. The Labute approximate surface area is 265 Å². The number of aromatic nitrogens is 2. The molecule has 0 radical (unpaired) electrons. The molecule has 5 rings (SSSR count). The summed E-state index contributed by atoms with van der Waals surface area (Å²) in [6.45, 7) is 6.90. The molecule has 3 aromatic rings. The lowest BCUT2D eigenvalue weighted by Gasteiger charge is -2.26. The van der Waals surface area contributed by atoms with Crippen molar-refractivity contribution >= 4 is 16.9 Å². The zero-order chi connectivity index (χ0) is 31.8. The third-order valence-corrected chi connectivity index (χ3v) is 9.49. The fourth-order valence-corrected chi connectivity index (χ4v) is 7.27. The third kappa shape index (κ3) is 7.79. The van der Waals surface area contributed by atoms with E-state index in [2.05, 4.69) is 48.1 Å². The van der Waals surface area contributed by atoms with Crippen LogP contribution >= 0.6 is 0 Å². The van der Waals surface area contributed by atoms with Crippen LogP contribution in [0.2, 0.25) is 0 Å². The van der Waals surface area contributed by atoms with Crippen LogP contribution in [0.3, 0.4) is 0 Å². The number of aryl methyl sites for hydroxylation is 1. The Morgan fingerprint density at radius 1 is 1.07 bits per heavy atom. The lowest BCUT2D eigenvalue weighted by molar-refractivity contribution is -0.136. The van der Waals surface area contributed by atoms with Crippen molar-refractivity contribution in [1.29, 1.82) is 0 Å². The van der Waals surface area contributed by atoms with Crippen LogP contribution < -0.4 is 5.32 Å². The number of carbonyl (C=O) groups excluding carboxylic acids is 1. The average molecular weight is 618 g/mol. The van der Waals surface area contributed by atoms with E-state index < -0.39 is 11.7 Å². The molecule has 1 saturated carbocycles. The Balaban J connectivity index is 1.42. The van der Waals surface area contributed by atoms with Crippen LogP contribution in [0.1, 0.15) is 105 Å². The van der Waals surface area contributed by atoms with Crippen LogP contribution in [0, 0.1) is 5.92 Å². The molecule has 2 aliphatic rings. The molecule has 1 N–H and O–H groups in total. The predicted molar refractivity (Wildman–Crippen MR) is 176 cm³/mol. The van der Waals surface area contributed by atoms with Gasteiger partial charge in [-0.15, -0.1) is 6.58 Å². The van der Waals surface area contributed by atoms with Crippen LogP contribution in [0.5, 0.6) is 0 Å². The van der Waals surface area contributed by atoms with Crippen LogP contribution in [-0.4, -0.2) is 22.0 Å². The first-order valence-electron chi connectivity index (χ1n) is 16.7. The summed E-state index contributed by atoms with van der Waals surface area (Å²) in [4.78, 5) is 18.3. The number of pyridine rings is 1. The maximum atomic E-state index is 14.0. The summed E-state index contributed by atoms with van der Waals surface area (Å²) in [7, 11) is 0. The summed E-state index contributed by atoms with van der Waals surface area (Å²) in [5.41, 5.74) is 4.69. The van der Waals surface area contributed by atoms with E-state index in [1.165, 1.54) is 19.0 Å². The second kappa shape index (κ2) is 15.1. The smallest absolute Gasteiger partial charge is 0.352 e. The SMILES string of the molecule is C=CC/C(=C\C=C/CC)CNC(=O)C(c1ccc(Cn2c3c(c4c(C(F)(F)F)ccnc42)CCCC3)cc1)C1CCCCCC1. The minimum Gasteiger partial charge on any atom is -0.352 e. The van der Waals surface area contributed by atoms with Crippen molar-refractivity contribution in [3.8, 4) is 0 Å². The summed E-state index contributed by atoms with van der Waals surface area (Å²) in [5, 5.41) is 3.50. The molecular weight excluding hydrogens is 571 g/mol. The number of nitrogens with zero attached hydrogens (tertiary/aromatic N) is 2. The normalized spacial score (nSPS) is 17.3. The van der Waals surface area contributed by atoms with Gasteiger partial charge in [-0.3, -0.25) is 4.79 Å². The number of nitrogens with one attached hydrogen (secondary N) is 1. The van der Waals surface area contributed by atoms with Gasteiger partial charge in [0, 0.05) is 30.4 Å². The minimum absolute atomic E-state index is 0.0541. The maximum absolute atomic E-state index is 14.0. The second-order valence-corrected chi connectivity index (χ2v) is 12.6. The number of halogens is 3. The Bertz CT molecular complexity index is 1520. The Kier molecular flexibility index (Phi) is 11.0. The quantitative estimate of drug-likeness (QED) is 0.132. The zero-order valence-corrected chi connectivity index (χ0v) is 26.5. The number of alkyl halides is 3. The Morgan fingerprint density at radius 2 is 1.80 bits per heavy atom. The van der Waals surface area contributed by atoms with Gasteiger partial charge in [-0.25, -0.2) is 4.98 Å².